The number of amides is 2. The molecule has 0 heterocycles. The van der Waals surface area contributed by atoms with Crippen LogP contribution in [0.15, 0.2) is 72.8 Å². The number of ether oxygens (including phenoxy) is 2. The van der Waals surface area contributed by atoms with Crippen molar-refractivity contribution in [3.63, 3.8) is 0 Å². The molecule has 32 heavy (non-hydrogen) atoms. The van der Waals surface area contributed by atoms with Gasteiger partial charge in [0.1, 0.15) is 30.8 Å². The second kappa shape index (κ2) is 10.9. The van der Waals surface area contributed by atoms with E-state index in [0.29, 0.717) is 11.5 Å². The summed E-state index contributed by atoms with van der Waals surface area (Å²) in [6.45, 7) is 0.441. The van der Waals surface area contributed by atoms with Crippen molar-refractivity contribution in [1.82, 2.24) is 10.6 Å². The molecule has 166 valence electrons. The number of carbonyl (C=O) groups excluding carboxylic acids is 2. The topological polar surface area (TPSA) is 76.7 Å². The summed E-state index contributed by atoms with van der Waals surface area (Å²) in [4.78, 5) is 25.2. The van der Waals surface area contributed by atoms with Crippen molar-refractivity contribution in [3.8, 4) is 11.5 Å². The normalized spacial score (nSPS) is 11.3. The summed E-state index contributed by atoms with van der Waals surface area (Å²) in [6.07, 6.45) is 0. The minimum atomic E-state index is -1.22. The molecule has 0 radical (unpaired) electrons. The Morgan fingerprint density at radius 3 is 2.28 bits per heavy atom. The second-order valence-corrected chi connectivity index (χ2v) is 6.70. The van der Waals surface area contributed by atoms with Gasteiger partial charge in [0.2, 0.25) is 5.91 Å². The van der Waals surface area contributed by atoms with Gasteiger partial charge in [-0.2, -0.15) is 0 Å². The van der Waals surface area contributed by atoms with E-state index in [1.54, 1.807) is 18.2 Å². The molecule has 0 saturated heterocycles. The predicted molar refractivity (Wildman–Crippen MR) is 115 cm³/mol. The largest absolute Gasteiger partial charge is 0.490 e. The zero-order chi connectivity index (χ0) is 22.9. The Labute approximate surface area is 184 Å². The highest BCUT2D eigenvalue weighted by Crippen LogP contribution is 2.21. The molecule has 1 unspecified atom stereocenters. The highest BCUT2D eigenvalue weighted by Gasteiger charge is 2.25. The molecule has 0 aliphatic rings. The van der Waals surface area contributed by atoms with Crippen LogP contribution in [0, 0.1) is 11.6 Å². The second-order valence-electron chi connectivity index (χ2n) is 6.70. The average Bonchev–Trinajstić information content (AvgIpc) is 2.82. The van der Waals surface area contributed by atoms with Crippen molar-refractivity contribution in [3.05, 3.63) is 95.6 Å². The number of carbonyl (C=O) groups is 2. The first-order chi connectivity index (χ1) is 15.5. The highest BCUT2D eigenvalue weighted by atomic mass is 19.2. The molecule has 8 heteroatoms. The van der Waals surface area contributed by atoms with Crippen molar-refractivity contribution in [2.24, 2.45) is 0 Å². The maximum absolute atomic E-state index is 13.7. The summed E-state index contributed by atoms with van der Waals surface area (Å²) in [6, 6.07) is 17.5. The predicted octanol–water partition coefficient (Wildman–Crippen LogP) is 3.64. The summed E-state index contributed by atoms with van der Waals surface area (Å²) < 4.78 is 38.2. The van der Waals surface area contributed by atoms with E-state index in [1.807, 2.05) is 30.3 Å². The number of benzene rings is 3. The van der Waals surface area contributed by atoms with E-state index >= 15 is 0 Å². The van der Waals surface area contributed by atoms with Crippen LogP contribution in [0.25, 0.3) is 0 Å². The molecule has 0 bridgehead atoms. The number of rotatable bonds is 9. The summed E-state index contributed by atoms with van der Waals surface area (Å²) in [7, 11) is 1.38. The standard InChI is InChI=1S/C24H22F2N2O4/c1-27-24(30)22(16-11-12-19(25)20(26)15-16)28-23(29)18-9-5-6-10-21(18)32-14-13-31-17-7-3-2-4-8-17/h2-12,15,22H,13-14H2,1H3,(H,27,30)(H,28,29). The Hall–Kier alpha value is -3.94. The molecular formula is C24H22F2N2O4. The lowest BCUT2D eigenvalue weighted by Crippen LogP contribution is -2.39. The quantitative estimate of drug-likeness (QED) is 0.498. The van der Waals surface area contributed by atoms with Crippen LogP contribution in [-0.4, -0.2) is 32.1 Å². The molecule has 2 N–H and O–H groups in total. The Kier molecular flexibility index (Phi) is 7.75. The van der Waals surface area contributed by atoms with Crippen LogP contribution in [0.2, 0.25) is 0 Å². The molecule has 0 spiro atoms. The van der Waals surface area contributed by atoms with E-state index in [4.69, 9.17) is 9.47 Å². The lowest BCUT2D eigenvalue weighted by atomic mass is 10.0. The smallest absolute Gasteiger partial charge is 0.255 e. The molecule has 3 rings (SSSR count). The van der Waals surface area contributed by atoms with E-state index in [-0.39, 0.29) is 24.3 Å². The minimum absolute atomic E-state index is 0.103. The minimum Gasteiger partial charge on any atom is -0.490 e. The van der Waals surface area contributed by atoms with Gasteiger partial charge in [-0.25, -0.2) is 8.78 Å². The van der Waals surface area contributed by atoms with Gasteiger partial charge in [-0.1, -0.05) is 36.4 Å². The number of halogens is 2. The van der Waals surface area contributed by atoms with Gasteiger partial charge in [0, 0.05) is 7.05 Å². The third kappa shape index (κ3) is 5.81. The molecule has 0 aliphatic carbocycles. The van der Waals surface area contributed by atoms with Gasteiger partial charge >= 0.3 is 0 Å². The molecule has 3 aromatic carbocycles. The number of para-hydroxylation sites is 2. The van der Waals surface area contributed by atoms with Crippen LogP contribution in [0.3, 0.4) is 0 Å². The van der Waals surface area contributed by atoms with Crippen molar-refractivity contribution in [2.75, 3.05) is 20.3 Å². The zero-order valence-corrected chi connectivity index (χ0v) is 17.3. The SMILES string of the molecule is CNC(=O)C(NC(=O)c1ccccc1OCCOc1ccccc1)c1ccc(F)c(F)c1. The van der Waals surface area contributed by atoms with Crippen molar-refractivity contribution >= 4 is 11.8 Å². The molecule has 0 aromatic heterocycles. The third-order valence-corrected chi connectivity index (χ3v) is 4.55. The molecule has 0 fully saturated rings. The number of hydrogen-bond donors (Lipinski definition) is 2. The third-order valence-electron chi connectivity index (χ3n) is 4.55. The zero-order valence-electron chi connectivity index (χ0n) is 17.3. The van der Waals surface area contributed by atoms with Crippen molar-refractivity contribution < 1.29 is 27.8 Å². The van der Waals surface area contributed by atoms with E-state index < -0.39 is 29.5 Å². The van der Waals surface area contributed by atoms with Crippen LogP contribution >= 0.6 is 0 Å². The Morgan fingerprint density at radius 2 is 1.56 bits per heavy atom. The molecule has 3 aromatic rings. The van der Waals surface area contributed by atoms with E-state index in [2.05, 4.69) is 10.6 Å². The maximum atomic E-state index is 13.7. The Morgan fingerprint density at radius 1 is 0.875 bits per heavy atom. The van der Waals surface area contributed by atoms with Gasteiger partial charge in [-0.05, 0) is 42.0 Å². The molecule has 6 nitrogen and oxygen atoms in total. The van der Waals surface area contributed by atoms with E-state index in [9.17, 15) is 18.4 Å². The summed E-state index contributed by atoms with van der Waals surface area (Å²) in [5.41, 5.74) is 0.287. The van der Waals surface area contributed by atoms with Gasteiger partial charge in [0.25, 0.3) is 5.91 Å². The van der Waals surface area contributed by atoms with Crippen molar-refractivity contribution in [2.45, 2.75) is 6.04 Å². The monoisotopic (exact) mass is 440 g/mol. The molecule has 0 saturated carbocycles. The first kappa shape index (κ1) is 22.7. The first-order valence-electron chi connectivity index (χ1n) is 9.86. The summed E-state index contributed by atoms with van der Waals surface area (Å²) in [5, 5.41) is 4.96. The van der Waals surface area contributed by atoms with Crippen LogP contribution in [-0.2, 0) is 4.79 Å². The van der Waals surface area contributed by atoms with Gasteiger partial charge < -0.3 is 20.1 Å². The average molecular weight is 440 g/mol. The molecule has 1 atom stereocenters. The van der Waals surface area contributed by atoms with Crippen LogP contribution < -0.4 is 20.1 Å². The fraction of sp³-hybridized carbons (Fsp3) is 0.167. The molecule has 0 aliphatic heterocycles. The van der Waals surface area contributed by atoms with Crippen LogP contribution in [0.1, 0.15) is 22.0 Å². The molecular weight excluding hydrogens is 418 g/mol. The number of hydrogen-bond acceptors (Lipinski definition) is 4. The van der Waals surface area contributed by atoms with Gasteiger partial charge in [0.15, 0.2) is 11.6 Å². The summed E-state index contributed by atoms with van der Waals surface area (Å²) >= 11 is 0. The maximum Gasteiger partial charge on any atom is 0.255 e. The molecule has 2 amide bonds. The van der Waals surface area contributed by atoms with E-state index in [0.717, 1.165) is 12.1 Å². The van der Waals surface area contributed by atoms with E-state index in [1.165, 1.54) is 19.2 Å². The van der Waals surface area contributed by atoms with Crippen LogP contribution in [0.4, 0.5) is 8.78 Å². The van der Waals surface area contributed by atoms with Gasteiger partial charge in [-0.15, -0.1) is 0 Å². The van der Waals surface area contributed by atoms with Gasteiger partial charge in [0.05, 0.1) is 5.56 Å². The first-order valence-corrected chi connectivity index (χ1v) is 9.86. The van der Waals surface area contributed by atoms with Crippen LogP contribution in [0.5, 0.6) is 11.5 Å². The lowest BCUT2D eigenvalue weighted by Gasteiger charge is -2.19. The van der Waals surface area contributed by atoms with Gasteiger partial charge in [-0.3, -0.25) is 9.59 Å². The fourth-order valence-corrected chi connectivity index (χ4v) is 2.95. The highest BCUT2D eigenvalue weighted by molar-refractivity contribution is 5.99. The van der Waals surface area contributed by atoms with Crippen molar-refractivity contribution in [1.29, 1.82) is 0 Å². The number of likely N-dealkylation sites (N-methyl/N-ethyl adjacent to an activating group) is 1. The Balaban J connectivity index is 1.70. The number of nitrogens with one attached hydrogen (secondary N) is 2. The fourth-order valence-electron chi connectivity index (χ4n) is 2.95. The Bertz CT molecular complexity index is 1080. The lowest BCUT2D eigenvalue weighted by molar-refractivity contribution is -0.122. The summed E-state index contributed by atoms with van der Waals surface area (Å²) in [5.74, 6) is -2.37.